The molecule has 2 atom stereocenters. The van der Waals surface area contributed by atoms with Gasteiger partial charge in [0.05, 0.1) is 26.7 Å². The molecule has 0 saturated carbocycles. The molecule has 272 valence electrons. The Hall–Kier alpha value is -1.30. The van der Waals surface area contributed by atoms with Crippen LogP contribution < -0.4 is 0 Å². The number of nitrogens with zero attached hydrogens (tertiary/aromatic N) is 2. The van der Waals surface area contributed by atoms with Gasteiger partial charge in [0.1, 0.15) is 24.2 Å². The summed E-state index contributed by atoms with van der Waals surface area (Å²) in [5, 5.41) is 11.7. The first kappa shape index (κ1) is 43.7. The highest BCUT2D eigenvalue weighted by atomic mass is 32.2. The lowest BCUT2D eigenvalue weighted by Gasteiger charge is -2.40. The molecule has 0 amide bonds. The van der Waals surface area contributed by atoms with Crippen LogP contribution in [0.15, 0.2) is 0 Å². The zero-order chi connectivity index (χ0) is 36.7. The quantitative estimate of drug-likeness (QED) is 0.0901. The van der Waals surface area contributed by atoms with E-state index < -0.39 is 130 Å². The maximum absolute atomic E-state index is 14.6. The number of aliphatic hydroxyl groups excluding tert-OH is 2. The van der Waals surface area contributed by atoms with E-state index in [2.05, 4.69) is 0 Å². The van der Waals surface area contributed by atoms with Crippen molar-refractivity contribution < 1.29 is 106 Å². The van der Waals surface area contributed by atoms with Crippen LogP contribution in [0.4, 0.5) is 57.1 Å². The van der Waals surface area contributed by atoms with Crippen LogP contribution in [-0.2, 0) is 30.3 Å². The van der Waals surface area contributed by atoms with E-state index in [-0.39, 0.29) is 0 Å². The lowest BCUT2D eigenvalue weighted by molar-refractivity contribution is -0.893. The molecule has 12 nitrogen and oxygen atoms in total. The summed E-state index contributed by atoms with van der Waals surface area (Å²) in [6, 6.07) is 0. The molecule has 0 aromatic rings. The number of rotatable bonds is 18. The molecule has 0 radical (unpaired) electrons. The van der Waals surface area contributed by atoms with Crippen molar-refractivity contribution in [2.45, 2.75) is 53.7 Å². The predicted octanol–water partition coefficient (Wildman–Crippen LogP) is 1.28. The number of hydrogen-bond donors (Lipinski definition) is 4. The van der Waals surface area contributed by atoms with E-state index in [0.29, 0.717) is 0 Å². The first-order chi connectivity index (χ1) is 19.3. The highest BCUT2D eigenvalue weighted by Crippen LogP contribution is 2.61. The van der Waals surface area contributed by atoms with Crippen LogP contribution in [0.3, 0.4) is 0 Å². The van der Waals surface area contributed by atoms with Gasteiger partial charge in [-0.05, 0) is 0 Å². The lowest BCUT2D eigenvalue weighted by Crippen LogP contribution is -2.72. The molecule has 0 aliphatic heterocycles. The maximum atomic E-state index is 14.6. The van der Waals surface area contributed by atoms with Crippen LogP contribution in [-0.4, -0.2) is 152 Å². The monoisotopic (exact) mass is 761 g/mol. The Morgan fingerprint density at radius 2 is 1.02 bits per heavy atom. The number of likely N-dealkylation sites (N-methyl/N-ethyl adjacent to an activating group) is 1. The molecule has 0 bridgehead atoms. The fourth-order valence-electron chi connectivity index (χ4n) is 3.55. The van der Waals surface area contributed by atoms with Gasteiger partial charge in [-0.1, -0.05) is 0 Å². The molecular formula is C17H26F13N2O10S3+. The minimum absolute atomic E-state index is 0.642. The van der Waals surface area contributed by atoms with Crippen molar-refractivity contribution in [1.29, 1.82) is 0 Å². The van der Waals surface area contributed by atoms with Crippen molar-refractivity contribution in [2.75, 3.05) is 51.8 Å². The van der Waals surface area contributed by atoms with Gasteiger partial charge in [0, 0.05) is 19.5 Å². The predicted molar refractivity (Wildman–Crippen MR) is 123 cm³/mol. The Kier molecular flexibility index (Phi) is 12.9. The third-order valence-corrected chi connectivity index (χ3v) is 9.19. The van der Waals surface area contributed by atoms with Gasteiger partial charge in [-0.3, -0.25) is 9.11 Å². The van der Waals surface area contributed by atoms with Crippen LogP contribution in [0.1, 0.15) is 6.42 Å². The van der Waals surface area contributed by atoms with Gasteiger partial charge in [-0.2, -0.15) is 78.2 Å². The highest BCUT2D eigenvalue weighted by Gasteiger charge is 2.92. The van der Waals surface area contributed by atoms with Gasteiger partial charge in [0.15, 0.2) is 0 Å². The standard InChI is InChI=1S/C17H25F13N2O10S3/c1-32(2,7-11(34)9-44(38,39)40)5-3-4-31(6-10(33)8-43(35,36)37)45(41,42)17(29,30)15(24,25)13(20,21)12(18,19)14(22,23)16(26,27)28/h10-11,33-34H,3-9H2,1-2H3,(H-,35,36,37,38,39,40)/p+1. The first-order valence-corrected chi connectivity index (χ1v) is 16.0. The van der Waals surface area contributed by atoms with E-state index in [4.69, 9.17) is 9.11 Å². The summed E-state index contributed by atoms with van der Waals surface area (Å²) in [5.41, 5.74) is 0. The average Bonchev–Trinajstić information content (AvgIpc) is 2.73. The van der Waals surface area contributed by atoms with Gasteiger partial charge in [0.2, 0.25) is 0 Å². The van der Waals surface area contributed by atoms with Gasteiger partial charge in [0.25, 0.3) is 30.3 Å². The summed E-state index contributed by atoms with van der Waals surface area (Å²) >= 11 is 0. The largest absolute Gasteiger partial charge is 0.460 e. The van der Waals surface area contributed by atoms with E-state index in [1.165, 1.54) is 0 Å². The highest BCUT2D eigenvalue weighted by molar-refractivity contribution is 7.90. The summed E-state index contributed by atoms with van der Waals surface area (Å²) in [4.78, 5) is 0. The lowest BCUT2D eigenvalue weighted by atomic mass is 9.98. The third-order valence-electron chi connectivity index (χ3n) is 5.66. The van der Waals surface area contributed by atoms with Crippen molar-refractivity contribution in [1.82, 2.24) is 4.31 Å². The van der Waals surface area contributed by atoms with Crippen molar-refractivity contribution in [3.63, 3.8) is 0 Å². The second kappa shape index (κ2) is 13.3. The molecule has 0 aliphatic rings. The van der Waals surface area contributed by atoms with E-state index in [1.54, 1.807) is 0 Å². The normalized spacial score (nSPS) is 17.1. The van der Waals surface area contributed by atoms with Crippen LogP contribution in [0.5, 0.6) is 0 Å². The zero-order valence-corrected chi connectivity index (χ0v) is 24.8. The molecule has 4 N–H and O–H groups in total. The summed E-state index contributed by atoms with van der Waals surface area (Å²) in [5.74, 6) is -36.6. The Morgan fingerprint density at radius 3 is 1.40 bits per heavy atom. The first-order valence-electron chi connectivity index (χ1n) is 11.3. The van der Waals surface area contributed by atoms with Crippen molar-refractivity contribution in [3.05, 3.63) is 0 Å². The summed E-state index contributed by atoms with van der Waals surface area (Å²) < 4.78 is 260. The molecule has 0 spiro atoms. The van der Waals surface area contributed by atoms with Crippen LogP contribution in [0.25, 0.3) is 0 Å². The molecule has 0 aromatic carbocycles. The fraction of sp³-hybridized carbons (Fsp3) is 1.00. The van der Waals surface area contributed by atoms with Crippen molar-refractivity contribution in [2.24, 2.45) is 0 Å². The second-order valence-corrected chi connectivity index (χ2v) is 15.1. The van der Waals surface area contributed by atoms with Crippen LogP contribution in [0, 0.1) is 0 Å². The van der Waals surface area contributed by atoms with Crippen molar-refractivity contribution >= 4 is 30.3 Å². The minimum Gasteiger partial charge on any atom is -0.391 e. The number of quaternary nitrogens is 1. The topological polar surface area (TPSA) is 187 Å². The number of alkyl halides is 13. The van der Waals surface area contributed by atoms with E-state index >= 15 is 0 Å². The van der Waals surface area contributed by atoms with E-state index in [1.807, 2.05) is 0 Å². The molecule has 28 heteroatoms. The number of sulfonamides is 1. The third kappa shape index (κ3) is 9.86. The Balaban J connectivity index is 6.70. The molecule has 0 rings (SSSR count). The number of halogens is 13. The van der Waals surface area contributed by atoms with Crippen LogP contribution >= 0.6 is 0 Å². The van der Waals surface area contributed by atoms with E-state index in [9.17, 15) is 92.5 Å². The smallest absolute Gasteiger partial charge is 0.391 e. The molecule has 0 aliphatic carbocycles. The summed E-state index contributed by atoms with van der Waals surface area (Å²) in [6.45, 7) is -5.13. The molecule has 0 fully saturated rings. The van der Waals surface area contributed by atoms with E-state index in [0.717, 1.165) is 14.1 Å². The van der Waals surface area contributed by atoms with Crippen LogP contribution in [0.2, 0.25) is 0 Å². The van der Waals surface area contributed by atoms with Gasteiger partial charge in [-0.25, -0.2) is 8.42 Å². The maximum Gasteiger partial charge on any atom is 0.460 e. The number of hydrogen-bond acceptors (Lipinski definition) is 8. The molecule has 2 unspecified atom stereocenters. The molecule has 45 heavy (non-hydrogen) atoms. The van der Waals surface area contributed by atoms with Gasteiger partial charge < -0.3 is 14.7 Å². The Bertz CT molecular complexity index is 1360. The Labute approximate surface area is 246 Å². The SMILES string of the molecule is C[N+](C)(CCCN(CC(O)CS(=O)(=O)O)S(=O)(=O)C(F)(F)C(F)(F)C(F)(F)C(F)(F)C(F)(F)C(F)(F)F)CC(O)CS(=O)(=O)O. The summed E-state index contributed by atoms with van der Waals surface area (Å²) in [6.07, 6.45) is -13.5. The summed E-state index contributed by atoms with van der Waals surface area (Å²) in [7, 11) is -15.6. The molecular weight excluding hydrogens is 735 g/mol. The number of aliphatic hydroxyl groups is 2. The Morgan fingerprint density at radius 1 is 0.644 bits per heavy atom. The van der Waals surface area contributed by atoms with Gasteiger partial charge >= 0.3 is 35.1 Å². The average molecular weight is 762 g/mol. The fourth-order valence-corrected chi connectivity index (χ4v) is 6.25. The second-order valence-electron chi connectivity index (χ2n) is 10.2. The molecule has 0 heterocycles. The minimum atomic E-state index is -8.49. The zero-order valence-electron chi connectivity index (χ0n) is 22.4. The molecule has 0 aromatic heterocycles. The van der Waals surface area contributed by atoms with Gasteiger partial charge in [-0.15, -0.1) is 0 Å². The van der Waals surface area contributed by atoms with Crippen molar-refractivity contribution in [3.8, 4) is 0 Å². The molecule has 0 saturated heterocycles.